The van der Waals surface area contributed by atoms with Crippen molar-refractivity contribution >= 4 is 18.0 Å². The van der Waals surface area contributed by atoms with Crippen LogP contribution in [0.15, 0.2) is 90.0 Å². The van der Waals surface area contributed by atoms with Crippen LogP contribution in [0.1, 0.15) is 33.9 Å². The molecule has 0 unspecified atom stereocenters. The summed E-state index contributed by atoms with van der Waals surface area (Å²) < 4.78 is 5.11. The van der Waals surface area contributed by atoms with Crippen molar-refractivity contribution in [3.8, 4) is 5.75 Å². The molecule has 0 heterocycles. The molecule has 0 fully saturated rings. The normalized spacial score (nSPS) is 11.6. The predicted molar refractivity (Wildman–Crippen MR) is 116 cm³/mol. The molecular weight excluding hydrogens is 378 g/mol. The largest absolute Gasteiger partial charge is 0.497 e. The number of benzene rings is 3. The van der Waals surface area contributed by atoms with Crippen LogP contribution in [0.5, 0.6) is 5.75 Å². The van der Waals surface area contributed by atoms with Crippen LogP contribution in [0.25, 0.3) is 0 Å². The van der Waals surface area contributed by atoms with Crippen LogP contribution in [-0.2, 0) is 4.79 Å². The van der Waals surface area contributed by atoms with Gasteiger partial charge in [0.2, 0.25) is 5.91 Å². The average Bonchev–Trinajstić information content (AvgIpc) is 2.80. The van der Waals surface area contributed by atoms with Crippen molar-refractivity contribution < 1.29 is 14.3 Å². The molecule has 2 N–H and O–H groups in total. The minimum Gasteiger partial charge on any atom is -0.497 e. The number of hydrazone groups is 1. The van der Waals surface area contributed by atoms with Gasteiger partial charge < -0.3 is 10.1 Å². The summed E-state index contributed by atoms with van der Waals surface area (Å²) in [6.45, 7) is 0. The van der Waals surface area contributed by atoms with E-state index in [1.54, 1.807) is 37.6 Å². The maximum absolute atomic E-state index is 12.6. The number of hydrogen-bond donors (Lipinski definition) is 2. The zero-order valence-electron chi connectivity index (χ0n) is 16.6. The van der Waals surface area contributed by atoms with Crippen LogP contribution in [-0.4, -0.2) is 25.1 Å². The Morgan fingerprint density at radius 1 is 0.933 bits per heavy atom. The van der Waals surface area contributed by atoms with Gasteiger partial charge in [-0.3, -0.25) is 9.59 Å². The molecule has 0 aliphatic rings. The van der Waals surface area contributed by atoms with E-state index in [1.165, 1.54) is 0 Å². The first-order valence-corrected chi connectivity index (χ1v) is 9.52. The third-order valence-corrected chi connectivity index (χ3v) is 4.45. The summed E-state index contributed by atoms with van der Waals surface area (Å²) in [5.74, 6) is 0.206. The first-order chi connectivity index (χ1) is 14.7. The van der Waals surface area contributed by atoms with Gasteiger partial charge in [0.15, 0.2) is 0 Å². The Morgan fingerprint density at radius 2 is 1.57 bits per heavy atom. The number of ether oxygens (including phenoxy) is 1. The Hall–Kier alpha value is -3.93. The number of nitrogens with one attached hydrogen (secondary N) is 2. The van der Waals surface area contributed by atoms with Crippen LogP contribution >= 0.6 is 0 Å². The summed E-state index contributed by atoms with van der Waals surface area (Å²) in [5.41, 5.74) is 4.73. The Bertz CT molecular complexity index is 987. The molecule has 152 valence electrons. The summed E-state index contributed by atoms with van der Waals surface area (Å²) in [6.07, 6.45) is 1.61. The van der Waals surface area contributed by atoms with E-state index in [0.717, 1.165) is 16.9 Å². The summed E-state index contributed by atoms with van der Waals surface area (Å²) in [4.78, 5) is 25.0. The lowest BCUT2D eigenvalue weighted by Crippen LogP contribution is -2.32. The van der Waals surface area contributed by atoms with Gasteiger partial charge in [-0.1, -0.05) is 48.5 Å². The van der Waals surface area contributed by atoms with Crippen molar-refractivity contribution in [2.24, 2.45) is 5.10 Å². The molecule has 2 amide bonds. The number of amides is 2. The second kappa shape index (κ2) is 10.6. The molecule has 0 saturated heterocycles. The van der Waals surface area contributed by atoms with Crippen molar-refractivity contribution in [3.63, 3.8) is 0 Å². The lowest BCUT2D eigenvalue weighted by atomic mass is 10.0. The molecule has 0 bridgehead atoms. The summed E-state index contributed by atoms with van der Waals surface area (Å²) >= 11 is 0. The molecule has 6 nitrogen and oxygen atoms in total. The highest BCUT2D eigenvalue weighted by Crippen LogP contribution is 2.17. The zero-order valence-corrected chi connectivity index (χ0v) is 16.6. The first-order valence-electron chi connectivity index (χ1n) is 9.52. The Kier molecular flexibility index (Phi) is 7.33. The van der Waals surface area contributed by atoms with Gasteiger partial charge in [0.25, 0.3) is 5.91 Å². The van der Waals surface area contributed by atoms with E-state index in [-0.39, 0.29) is 18.2 Å². The van der Waals surface area contributed by atoms with Crippen LogP contribution in [0.4, 0.5) is 0 Å². The van der Waals surface area contributed by atoms with Crippen molar-refractivity contribution in [3.05, 3.63) is 102 Å². The third kappa shape index (κ3) is 6.04. The highest BCUT2D eigenvalue weighted by atomic mass is 16.5. The van der Waals surface area contributed by atoms with E-state index in [4.69, 9.17) is 4.74 Å². The molecule has 0 saturated carbocycles. The fourth-order valence-corrected chi connectivity index (χ4v) is 2.87. The maximum atomic E-state index is 12.6. The van der Waals surface area contributed by atoms with Crippen LogP contribution in [0, 0.1) is 0 Å². The molecule has 3 aromatic rings. The van der Waals surface area contributed by atoms with Gasteiger partial charge in [0.1, 0.15) is 5.75 Å². The van der Waals surface area contributed by atoms with Gasteiger partial charge in [-0.25, -0.2) is 5.43 Å². The maximum Gasteiger partial charge on any atom is 0.251 e. The molecule has 6 heteroatoms. The number of hydrogen-bond acceptors (Lipinski definition) is 4. The molecule has 0 radical (unpaired) electrons. The topological polar surface area (TPSA) is 79.8 Å². The molecule has 0 aromatic heterocycles. The molecule has 30 heavy (non-hydrogen) atoms. The van der Waals surface area contributed by atoms with E-state index in [1.807, 2.05) is 60.7 Å². The second-order valence-electron chi connectivity index (χ2n) is 6.57. The summed E-state index contributed by atoms with van der Waals surface area (Å²) in [6, 6.07) is 25.1. The van der Waals surface area contributed by atoms with E-state index >= 15 is 0 Å². The highest BCUT2D eigenvalue weighted by molar-refractivity contribution is 5.94. The fraction of sp³-hybridized carbons (Fsp3) is 0.125. The fourth-order valence-electron chi connectivity index (χ4n) is 2.87. The Morgan fingerprint density at radius 3 is 2.20 bits per heavy atom. The quantitative estimate of drug-likeness (QED) is 0.446. The molecule has 0 aliphatic heterocycles. The predicted octanol–water partition coefficient (Wildman–Crippen LogP) is 3.71. The van der Waals surface area contributed by atoms with E-state index in [2.05, 4.69) is 15.8 Å². The molecular formula is C24H23N3O3. The Labute approximate surface area is 175 Å². The number of carbonyl (C=O) groups excluding carboxylic acids is 2. The lowest BCUT2D eigenvalue weighted by Gasteiger charge is -2.18. The minimum atomic E-state index is -0.477. The average molecular weight is 401 g/mol. The monoisotopic (exact) mass is 401 g/mol. The van der Waals surface area contributed by atoms with Crippen molar-refractivity contribution in [2.75, 3.05) is 7.11 Å². The summed E-state index contributed by atoms with van der Waals surface area (Å²) in [7, 11) is 1.60. The van der Waals surface area contributed by atoms with Crippen molar-refractivity contribution in [2.45, 2.75) is 12.5 Å². The number of methoxy groups -OCH3 is 1. The number of carbonyl (C=O) groups is 2. The molecule has 1 atom stereocenters. The minimum absolute atomic E-state index is 0.0581. The first kappa shape index (κ1) is 20.8. The molecule has 3 rings (SSSR count). The van der Waals surface area contributed by atoms with Crippen molar-refractivity contribution in [1.29, 1.82) is 0 Å². The Balaban J connectivity index is 1.64. The van der Waals surface area contributed by atoms with Crippen LogP contribution in [0.2, 0.25) is 0 Å². The standard InChI is InChI=1S/C24H23N3O3/c1-30-21-14-12-18(13-15-21)17-25-27-23(28)16-22(19-8-4-2-5-9-19)26-24(29)20-10-6-3-7-11-20/h2-15,17,22H,16H2,1H3,(H,26,29)(H,27,28)/b25-17-/t22-/m0/s1. The van der Waals surface area contributed by atoms with Crippen LogP contribution < -0.4 is 15.5 Å². The smallest absolute Gasteiger partial charge is 0.251 e. The second-order valence-corrected chi connectivity index (χ2v) is 6.57. The lowest BCUT2D eigenvalue weighted by molar-refractivity contribution is -0.121. The van der Waals surface area contributed by atoms with Gasteiger partial charge in [-0.05, 0) is 47.5 Å². The third-order valence-electron chi connectivity index (χ3n) is 4.45. The van der Waals surface area contributed by atoms with Gasteiger partial charge in [-0.2, -0.15) is 5.10 Å². The zero-order chi connectivity index (χ0) is 21.2. The molecule has 0 spiro atoms. The highest BCUT2D eigenvalue weighted by Gasteiger charge is 2.19. The van der Waals surface area contributed by atoms with Gasteiger partial charge >= 0.3 is 0 Å². The summed E-state index contributed by atoms with van der Waals surface area (Å²) in [5, 5.41) is 6.94. The van der Waals surface area contributed by atoms with Crippen LogP contribution in [0.3, 0.4) is 0 Å². The number of nitrogens with zero attached hydrogens (tertiary/aromatic N) is 1. The SMILES string of the molecule is COc1ccc(/C=N\NC(=O)C[C@H](NC(=O)c2ccccc2)c2ccccc2)cc1. The molecule has 0 aliphatic carbocycles. The van der Waals surface area contributed by atoms with Gasteiger partial charge in [-0.15, -0.1) is 0 Å². The van der Waals surface area contributed by atoms with E-state index in [9.17, 15) is 9.59 Å². The van der Waals surface area contributed by atoms with E-state index < -0.39 is 6.04 Å². The van der Waals surface area contributed by atoms with Crippen molar-refractivity contribution in [1.82, 2.24) is 10.7 Å². The number of rotatable bonds is 8. The molecule has 3 aromatic carbocycles. The van der Waals surface area contributed by atoms with Gasteiger partial charge in [0, 0.05) is 5.56 Å². The van der Waals surface area contributed by atoms with Gasteiger partial charge in [0.05, 0.1) is 25.8 Å². The van der Waals surface area contributed by atoms with E-state index in [0.29, 0.717) is 5.56 Å².